The highest BCUT2D eigenvalue weighted by Gasteiger charge is 2.34. The Morgan fingerprint density at radius 3 is 1.85 bits per heavy atom. The van der Waals surface area contributed by atoms with E-state index in [0.29, 0.717) is 141 Å². The van der Waals surface area contributed by atoms with Gasteiger partial charge >= 0.3 is 5.97 Å². The van der Waals surface area contributed by atoms with Crippen molar-refractivity contribution < 1.29 is 38.8 Å². The van der Waals surface area contributed by atoms with Crippen LogP contribution in [0.2, 0.25) is 0 Å². The molecule has 3 aromatic heterocycles. The molecule has 0 saturated carbocycles. The minimum atomic E-state index is -1.02. The second-order valence-corrected chi connectivity index (χ2v) is 16.5. The number of aromatic nitrogens is 9. The summed E-state index contributed by atoms with van der Waals surface area (Å²) >= 11 is 0. The summed E-state index contributed by atoms with van der Waals surface area (Å²) in [6.45, 7) is 9.86. The minimum absolute atomic E-state index is 0. The van der Waals surface area contributed by atoms with E-state index in [2.05, 4.69) is 31.9 Å². The first-order chi connectivity index (χ1) is 32.5. The maximum absolute atomic E-state index is 14.1. The van der Waals surface area contributed by atoms with Gasteiger partial charge < -0.3 is 66.5 Å². The Balaban J connectivity index is 0.0000101. The molecule has 5 atom stereocenters. The standard InChI is InChI=1S/C42H69N17O8.ClH/c1-4-21-65-23-25-67-26-24-66-22-12-46-40-47-41(56-17-13-54(14-18-56)38(63)34(8-6-7-11-43)58-27-32(50-52-58)31(44)29-60)49-42(48-40)57-19-15-55(16-20-57)39(64)35(9-10-36(61)62)59-28-33(51-53-59)37(45)30(3)5-2;/h1,27-28,30-31,34-35,37,60H,5-26,29,43-45H2,2-3H3,(H,61,62)(H,46,47,48,49);1H/t30-,31?,34+,35+,37?;/m1./s1. The maximum Gasteiger partial charge on any atom is 0.303 e. The Bertz CT molecular complexity index is 2020. The van der Waals surface area contributed by atoms with Crippen LogP contribution < -0.4 is 32.3 Å². The highest BCUT2D eigenvalue weighted by molar-refractivity contribution is 5.85. The van der Waals surface area contributed by atoms with Crippen LogP contribution in [-0.2, 0) is 28.6 Å². The van der Waals surface area contributed by atoms with Crippen LogP contribution >= 0.6 is 12.4 Å². The van der Waals surface area contributed by atoms with E-state index in [-0.39, 0.29) is 62.2 Å². The number of carbonyl (C=O) groups excluding carboxylic acids is 2. The smallest absolute Gasteiger partial charge is 0.303 e. The van der Waals surface area contributed by atoms with Crippen LogP contribution in [0.15, 0.2) is 12.4 Å². The van der Waals surface area contributed by atoms with Gasteiger partial charge in [0.25, 0.3) is 0 Å². The highest BCUT2D eigenvalue weighted by Crippen LogP contribution is 2.26. The number of amides is 2. The van der Waals surface area contributed by atoms with E-state index in [9.17, 15) is 24.6 Å². The number of anilines is 3. The number of nitrogens with two attached hydrogens (primary N) is 3. The molecular formula is C42H70ClN17O8. The SMILES string of the molecule is C#CCOCCOCCOCCNc1nc(N2CCN(C(=O)[C@H](CCCCN)n3cc(C(N)CO)nn3)CC2)nc(N2CCN(C(=O)[C@H](CCC(=O)O)n3cc(C(N)[C@H](C)CC)nn3)CC2)n1.Cl. The van der Waals surface area contributed by atoms with Crippen molar-refractivity contribution >= 4 is 48.0 Å². The van der Waals surface area contributed by atoms with Crippen molar-refractivity contribution in [1.29, 1.82) is 0 Å². The Kier molecular flexibility index (Phi) is 23.5. The topological polar surface area (TPSA) is 322 Å². The summed E-state index contributed by atoms with van der Waals surface area (Å²) < 4.78 is 19.4. The van der Waals surface area contributed by atoms with E-state index >= 15 is 0 Å². The lowest BCUT2D eigenvalue weighted by Gasteiger charge is -2.38. The molecule has 0 aromatic carbocycles. The van der Waals surface area contributed by atoms with Gasteiger partial charge in [-0.15, -0.1) is 29.0 Å². The molecule has 26 heteroatoms. The molecular weight excluding hydrogens is 906 g/mol. The molecule has 9 N–H and O–H groups in total. The highest BCUT2D eigenvalue weighted by atomic mass is 35.5. The predicted molar refractivity (Wildman–Crippen MR) is 253 cm³/mol. The van der Waals surface area contributed by atoms with Gasteiger partial charge in [0.15, 0.2) is 0 Å². The molecule has 378 valence electrons. The number of unbranched alkanes of at least 4 members (excludes halogenated alkanes) is 1. The molecule has 68 heavy (non-hydrogen) atoms. The lowest BCUT2D eigenvalue weighted by Crippen LogP contribution is -2.52. The van der Waals surface area contributed by atoms with Crippen molar-refractivity contribution in [3.8, 4) is 12.3 Å². The predicted octanol–water partition coefficient (Wildman–Crippen LogP) is -0.617. The van der Waals surface area contributed by atoms with Crippen LogP contribution in [0.1, 0.15) is 87.9 Å². The zero-order valence-electron chi connectivity index (χ0n) is 39.2. The van der Waals surface area contributed by atoms with Crippen molar-refractivity contribution in [2.24, 2.45) is 23.1 Å². The molecule has 3 aromatic rings. The fourth-order valence-corrected chi connectivity index (χ4v) is 7.52. The van der Waals surface area contributed by atoms with Crippen molar-refractivity contribution in [2.45, 2.75) is 76.5 Å². The number of carboxylic acids is 1. The molecule has 5 rings (SSSR count). The molecule has 2 aliphatic heterocycles. The molecule has 0 radical (unpaired) electrons. The van der Waals surface area contributed by atoms with Crippen LogP contribution in [0.5, 0.6) is 0 Å². The number of hydrogen-bond donors (Lipinski definition) is 6. The Morgan fingerprint density at radius 2 is 1.32 bits per heavy atom. The molecule has 2 fully saturated rings. The van der Waals surface area contributed by atoms with Crippen LogP contribution in [0.3, 0.4) is 0 Å². The van der Waals surface area contributed by atoms with Gasteiger partial charge in [-0.2, -0.15) is 15.0 Å². The van der Waals surface area contributed by atoms with Crippen LogP contribution in [-0.4, -0.2) is 194 Å². The number of ether oxygens (including phenoxy) is 3. The molecule has 0 bridgehead atoms. The van der Waals surface area contributed by atoms with E-state index in [1.54, 1.807) is 22.2 Å². The number of piperazine rings is 2. The van der Waals surface area contributed by atoms with Crippen molar-refractivity contribution in [2.75, 3.05) is 127 Å². The summed E-state index contributed by atoms with van der Waals surface area (Å²) in [4.78, 5) is 61.7. The Labute approximate surface area is 403 Å². The first-order valence-corrected chi connectivity index (χ1v) is 23.1. The number of rotatable bonds is 29. The number of carboxylic acid groups (broad SMARTS) is 1. The lowest BCUT2D eigenvalue weighted by atomic mass is 9.98. The van der Waals surface area contributed by atoms with Crippen molar-refractivity contribution in [3.63, 3.8) is 0 Å². The third kappa shape index (κ3) is 16.1. The molecule has 2 unspecified atom stereocenters. The van der Waals surface area contributed by atoms with Crippen LogP contribution in [0, 0.1) is 18.3 Å². The molecule has 2 saturated heterocycles. The summed E-state index contributed by atoms with van der Waals surface area (Å²) in [7, 11) is 0. The first kappa shape index (κ1) is 55.3. The summed E-state index contributed by atoms with van der Waals surface area (Å²) in [6.07, 6.45) is 11.1. The summed E-state index contributed by atoms with van der Waals surface area (Å²) in [5.41, 5.74) is 19.1. The normalized spacial score (nSPS) is 16.4. The van der Waals surface area contributed by atoms with Gasteiger partial charge in [0, 0.05) is 65.3 Å². The summed E-state index contributed by atoms with van der Waals surface area (Å²) in [6, 6.07) is -2.58. The number of carbonyl (C=O) groups is 3. The zero-order chi connectivity index (χ0) is 48.1. The first-order valence-electron chi connectivity index (χ1n) is 23.1. The van der Waals surface area contributed by atoms with E-state index in [4.69, 9.17) is 52.8 Å². The number of nitrogens with one attached hydrogen (secondary N) is 1. The van der Waals surface area contributed by atoms with Gasteiger partial charge in [-0.3, -0.25) is 14.4 Å². The fourth-order valence-electron chi connectivity index (χ4n) is 7.52. The van der Waals surface area contributed by atoms with Crippen molar-refractivity contribution in [1.82, 2.24) is 54.7 Å². The summed E-state index contributed by atoms with van der Waals surface area (Å²) in [5, 5.41) is 39.1. The van der Waals surface area contributed by atoms with Gasteiger partial charge in [0.2, 0.25) is 29.7 Å². The van der Waals surface area contributed by atoms with E-state index < -0.39 is 24.1 Å². The van der Waals surface area contributed by atoms with Crippen LogP contribution in [0.4, 0.5) is 17.8 Å². The van der Waals surface area contributed by atoms with Gasteiger partial charge in [0.1, 0.15) is 24.4 Å². The third-order valence-corrected chi connectivity index (χ3v) is 11.8. The number of halogens is 1. The van der Waals surface area contributed by atoms with Gasteiger partial charge in [0.05, 0.1) is 69.8 Å². The van der Waals surface area contributed by atoms with E-state index in [1.807, 2.05) is 23.6 Å². The Morgan fingerprint density at radius 1 is 0.794 bits per heavy atom. The molecule has 0 spiro atoms. The quantitative estimate of drug-likeness (QED) is 0.0373. The second-order valence-electron chi connectivity index (χ2n) is 16.5. The fraction of sp³-hybridized carbons (Fsp3) is 0.714. The molecule has 0 aliphatic carbocycles. The monoisotopic (exact) mass is 976 g/mol. The number of aliphatic hydroxyl groups excluding tert-OH is 1. The van der Waals surface area contributed by atoms with E-state index in [0.717, 1.165) is 12.8 Å². The number of nitrogens with zero attached hydrogens (tertiary/aromatic N) is 13. The van der Waals surface area contributed by atoms with Crippen molar-refractivity contribution in [3.05, 3.63) is 23.8 Å². The molecule has 25 nitrogen and oxygen atoms in total. The van der Waals surface area contributed by atoms with Gasteiger partial charge in [-0.25, -0.2) is 9.36 Å². The average Bonchev–Trinajstić information content (AvgIpc) is 4.05. The third-order valence-electron chi connectivity index (χ3n) is 11.8. The average molecular weight is 977 g/mol. The zero-order valence-corrected chi connectivity index (χ0v) is 40.0. The molecule has 2 amide bonds. The van der Waals surface area contributed by atoms with Crippen LogP contribution in [0.25, 0.3) is 0 Å². The molecule has 5 heterocycles. The van der Waals surface area contributed by atoms with Gasteiger partial charge in [-0.1, -0.05) is 36.6 Å². The number of aliphatic carboxylic acids is 1. The minimum Gasteiger partial charge on any atom is -0.481 e. The van der Waals surface area contributed by atoms with Gasteiger partial charge in [-0.05, 0) is 38.1 Å². The maximum atomic E-state index is 14.1. The molecule has 2 aliphatic rings. The van der Waals surface area contributed by atoms with E-state index in [1.165, 1.54) is 9.36 Å². The largest absolute Gasteiger partial charge is 0.481 e. The number of hydrogen-bond acceptors (Lipinski definition) is 20. The number of aliphatic hydroxyl groups is 1. The Hall–Kier alpha value is -5.33. The number of terminal acetylenes is 1. The second kappa shape index (κ2) is 28.9. The summed E-state index contributed by atoms with van der Waals surface area (Å²) in [5.74, 6) is 2.31. The lowest BCUT2D eigenvalue weighted by molar-refractivity contribution is -0.139.